The fraction of sp³-hybridized carbons (Fsp3) is 0.238. The molecule has 4 rings (SSSR count). The highest BCUT2D eigenvalue weighted by Crippen LogP contribution is 2.41. The minimum atomic E-state index is -4.73. The summed E-state index contributed by atoms with van der Waals surface area (Å²) < 4.78 is 69.8. The maximum absolute atomic E-state index is 13.8. The summed E-state index contributed by atoms with van der Waals surface area (Å²) in [4.78, 5) is 4.17. The van der Waals surface area contributed by atoms with Gasteiger partial charge in [0, 0.05) is 18.8 Å². The number of sulfonamides is 1. The maximum atomic E-state index is 13.8. The lowest BCUT2D eigenvalue weighted by atomic mass is 9.99. The zero-order valence-electron chi connectivity index (χ0n) is 17.3. The second kappa shape index (κ2) is 8.34. The molecule has 0 radical (unpaired) electrons. The Kier molecular flexibility index (Phi) is 5.96. The zero-order chi connectivity index (χ0) is 24.1. The number of benzene rings is 2. The first kappa shape index (κ1) is 23.6. The van der Waals surface area contributed by atoms with Crippen LogP contribution in [0.2, 0.25) is 10.0 Å². The third-order valence-corrected chi connectivity index (χ3v) is 8.32. The fourth-order valence-electron chi connectivity index (χ4n) is 3.76. The summed E-state index contributed by atoms with van der Waals surface area (Å²) in [7, 11) is -2.79. The monoisotopic (exact) mass is 516 g/mol. The van der Waals surface area contributed by atoms with Crippen molar-refractivity contribution >= 4 is 50.4 Å². The maximum Gasteiger partial charge on any atom is 0.435 e. The second-order valence-electron chi connectivity index (χ2n) is 7.47. The molecule has 0 saturated carbocycles. The Morgan fingerprint density at radius 2 is 1.70 bits per heavy atom. The van der Waals surface area contributed by atoms with Gasteiger partial charge in [0.15, 0.2) is 11.5 Å². The molecule has 2 aromatic carbocycles. The molecule has 33 heavy (non-hydrogen) atoms. The molecule has 6 nitrogen and oxygen atoms in total. The zero-order valence-corrected chi connectivity index (χ0v) is 19.6. The summed E-state index contributed by atoms with van der Waals surface area (Å²) in [5.74, 6) is -0.107. The molecular formula is C21H17Cl2F3N4O2S. The molecule has 1 aromatic heterocycles. The molecule has 12 heteroatoms. The van der Waals surface area contributed by atoms with E-state index in [9.17, 15) is 21.6 Å². The number of halogens is 5. The molecule has 0 aliphatic carbocycles. The number of para-hydroxylation sites is 1. The second-order valence-corrected chi connectivity index (χ2v) is 10.4. The van der Waals surface area contributed by atoms with E-state index in [4.69, 9.17) is 23.2 Å². The van der Waals surface area contributed by atoms with Crippen molar-refractivity contribution in [2.24, 2.45) is 4.99 Å². The van der Waals surface area contributed by atoms with Gasteiger partial charge in [-0.3, -0.25) is 4.31 Å². The largest absolute Gasteiger partial charge is 0.435 e. The van der Waals surface area contributed by atoms with Crippen molar-refractivity contribution in [2.75, 3.05) is 11.4 Å². The number of fused-ring (bicyclic) bond motifs is 1. The Bertz CT molecular complexity index is 1340. The Morgan fingerprint density at radius 1 is 1.03 bits per heavy atom. The predicted octanol–water partition coefficient (Wildman–Crippen LogP) is 5.74. The molecule has 3 aromatic rings. The van der Waals surface area contributed by atoms with Gasteiger partial charge in [-0.25, -0.2) is 18.1 Å². The Morgan fingerprint density at radius 3 is 2.30 bits per heavy atom. The number of hydrogen-bond donors (Lipinski definition) is 0. The number of hydrogen-bond acceptors (Lipinski definition) is 4. The van der Waals surface area contributed by atoms with Gasteiger partial charge in [0.1, 0.15) is 11.3 Å². The van der Waals surface area contributed by atoms with E-state index >= 15 is 0 Å². The molecular weight excluding hydrogens is 500 g/mol. The van der Waals surface area contributed by atoms with Crippen molar-refractivity contribution in [2.45, 2.75) is 24.4 Å². The van der Waals surface area contributed by atoms with Crippen LogP contribution in [0.4, 0.5) is 24.7 Å². The number of aromatic nitrogens is 2. The molecule has 0 bridgehead atoms. The van der Waals surface area contributed by atoms with Crippen LogP contribution in [0, 0.1) is 0 Å². The van der Waals surface area contributed by atoms with Crippen molar-refractivity contribution in [3.05, 3.63) is 75.9 Å². The highest BCUT2D eigenvalue weighted by molar-refractivity contribution is 7.94. The Labute approximate surface area is 198 Å². The molecule has 1 aliphatic heterocycles. The van der Waals surface area contributed by atoms with Crippen LogP contribution in [-0.4, -0.2) is 36.2 Å². The highest BCUT2D eigenvalue weighted by atomic mass is 35.5. The first-order valence-corrected chi connectivity index (χ1v) is 11.9. The molecule has 0 spiro atoms. The summed E-state index contributed by atoms with van der Waals surface area (Å²) in [5.41, 5.74) is -0.337. The normalized spacial score (nSPS) is 18.6. The SMILES string of the molecule is CC1=Nc2cc(C(F)(F)F)nn2C(c2ccc(Cl)c(Cl)c2)C1S(=O)(=O)N(C)c1ccccc1. The summed E-state index contributed by atoms with van der Waals surface area (Å²) in [5, 5.41) is 2.69. The molecule has 2 heterocycles. The predicted molar refractivity (Wildman–Crippen MR) is 122 cm³/mol. The van der Waals surface area contributed by atoms with E-state index in [0.717, 1.165) is 15.1 Å². The summed E-state index contributed by atoms with van der Waals surface area (Å²) in [6, 6.07) is 12.4. The van der Waals surface area contributed by atoms with Gasteiger partial charge >= 0.3 is 6.18 Å². The molecule has 0 fully saturated rings. The quantitative estimate of drug-likeness (QED) is 0.444. The molecule has 0 saturated heterocycles. The number of aliphatic imine (C=N–C) groups is 1. The first-order valence-electron chi connectivity index (χ1n) is 9.61. The van der Waals surface area contributed by atoms with E-state index in [1.54, 1.807) is 30.3 Å². The average Bonchev–Trinajstić information content (AvgIpc) is 3.19. The minimum Gasteiger partial charge on any atom is -0.273 e. The molecule has 0 amide bonds. The van der Waals surface area contributed by atoms with Crippen LogP contribution < -0.4 is 4.31 Å². The average molecular weight is 517 g/mol. The van der Waals surface area contributed by atoms with Gasteiger partial charge in [-0.1, -0.05) is 47.5 Å². The Balaban J connectivity index is 1.93. The molecule has 1 aliphatic rings. The van der Waals surface area contributed by atoms with Crippen molar-refractivity contribution < 1.29 is 21.6 Å². The molecule has 174 valence electrons. The third-order valence-electron chi connectivity index (χ3n) is 5.37. The standard InChI is InChI=1S/C21H17Cl2F3N4O2S/c1-12-20(33(31,32)29(2)14-6-4-3-5-7-14)19(13-8-9-15(22)16(23)10-13)30-18(27-12)11-17(28-30)21(24,25)26/h3-11,19-20H,1-2H3. The lowest BCUT2D eigenvalue weighted by Crippen LogP contribution is -2.47. The van der Waals surface area contributed by atoms with Crippen LogP contribution in [-0.2, 0) is 16.2 Å². The first-order chi connectivity index (χ1) is 15.4. The van der Waals surface area contributed by atoms with Crippen molar-refractivity contribution in [1.29, 1.82) is 0 Å². The number of nitrogens with zero attached hydrogens (tertiary/aromatic N) is 4. The van der Waals surface area contributed by atoms with Crippen molar-refractivity contribution in [3.8, 4) is 0 Å². The van der Waals surface area contributed by atoms with Crippen LogP contribution in [0.1, 0.15) is 24.2 Å². The van der Waals surface area contributed by atoms with E-state index in [-0.39, 0.29) is 21.6 Å². The highest BCUT2D eigenvalue weighted by Gasteiger charge is 2.46. The third kappa shape index (κ3) is 4.22. The van der Waals surface area contributed by atoms with Gasteiger partial charge in [0.25, 0.3) is 0 Å². The summed E-state index contributed by atoms with van der Waals surface area (Å²) >= 11 is 12.2. The lowest BCUT2D eigenvalue weighted by molar-refractivity contribution is -0.141. The fourth-order valence-corrected chi connectivity index (χ4v) is 5.90. The van der Waals surface area contributed by atoms with Gasteiger partial charge in [-0.2, -0.15) is 18.3 Å². The van der Waals surface area contributed by atoms with Crippen molar-refractivity contribution in [1.82, 2.24) is 9.78 Å². The van der Waals surface area contributed by atoms with E-state index < -0.39 is 33.2 Å². The van der Waals surface area contributed by atoms with Gasteiger partial charge in [0.05, 0.1) is 15.7 Å². The van der Waals surface area contributed by atoms with E-state index in [0.29, 0.717) is 11.3 Å². The van der Waals surface area contributed by atoms with E-state index in [1.165, 1.54) is 32.2 Å². The topological polar surface area (TPSA) is 67.6 Å². The van der Waals surface area contributed by atoms with Gasteiger partial charge in [-0.05, 0) is 36.8 Å². The Hall–Kier alpha value is -2.56. The van der Waals surface area contributed by atoms with Crippen LogP contribution >= 0.6 is 23.2 Å². The smallest absolute Gasteiger partial charge is 0.273 e. The summed E-state index contributed by atoms with van der Waals surface area (Å²) in [6.45, 7) is 1.47. The lowest BCUT2D eigenvalue weighted by Gasteiger charge is -2.34. The van der Waals surface area contributed by atoms with Gasteiger partial charge in [-0.15, -0.1) is 0 Å². The van der Waals surface area contributed by atoms with Gasteiger partial charge in [0.2, 0.25) is 10.0 Å². The van der Waals surface area contributed by atoms with Crippen LogP contribution in [0.3, 0.4) is 0 Å². The van der Waals surface area contributed by atoms with Gasteiger partial charge < -0.3 is 0 Å². The number of alkyl halides is 3. The van der Waals surface area contributed by atoms with E-state index in [2.05, 4.69) is 10.1 Å². The molecule has 2 atom stereocenters. The van der Waals surface area contributed by atoms with E-state index in [1.807, 2.05) is 0 Å². The van der Waals surface area contributed by atoms with Crippen LogP contribution in [0.5, 0.6) is 0 Å². The molecule has 0 N–H and O–H groups in total. The van der Waals surface area contributed by atoms with Crippen molar-refractivity contribution in [3.63, 3.8) is 0 Å². The number of anilines is 1. The summed E-state index contributed by atoms with van der Waals surface area (Å²) in [6.07, 6.45) is -4.73. The molecule has 2 unspecified atom stereocenters. The van der Waals surface area contributed by atoms with Crippen LogP contribution in [0.25, 0.3) is 0 Å². The number of rotatable bonds is 4. The van der Waals surface area contributed by atoms with Crippen LogP contribution in [0.15, 0.2) is 59.6 Å². The minimum absolute atomic E-state index is 0.107.